The SMILES string of the molecule is COC(=O)C=C1C=CC=C(S(=O)(=O)C2=CC=CC(=CC(=O)OC)C2Cl)C1Cl. The van der Waals surface area contributed by atoms with E-state index < -0.39 is 32.5 Å². The summed E-state index contributed by atoms with van der Waals surface area (Å²) in [4.78, 5) is 22.6. The summed E-state index contributed by atoms with van der Waals surface area (Å²) in [5.74, 6) is -1.31. The van der Waals surface area contributed by atoms with Gasteiger partial charge in [-0.3, -0.25) is 0 Å². The average Bonchev–Trinajstić information content (AvgIpc) is 2.64. The first-order valence-corrected chi connectivity index (χ1v) is 9.96. The highest BCUT2D eigenvalue weighted by Crippen LogP contribution is 2.37. The maximum absolute atomic E-state index is 13.1. The lowest BCUT2D eigenvalue weighted by molar-refractivity contribution is -0.135. The molecular formula is C18H16Cl2O6S. The molecule has 0 fully saturated rings. The molecule has 0 aromatic carbocycles. The number of carbonyl (C=O) groups is 2. The molecule has 2 aliphatic carbocycles. The monoisotopic (exact) mass is 430 g/mol. The van der Waals surface area contributed by atoms with Gasteiger partial charge in [0.05, 0.1) is 34.8 Å². The average molecular weight is 431 g/mol. The molecule has 144 valence electrons. The maximum atomic E-state index is 13.1. The summed E-state index contributed by atoms with van der Waals surface area (Å²) >= 11 is 12.6. The van der Waals surface area contributed by atoms with E-state index in [2.05, 4.69) is 9.47 Å². The van der Waals surface area contributed by atoms with E-state index in [0.29, 0.717) is 0 Å². The van der Waals surface area contributed by atoms with Crippen molar-refractivity contribution in [2.24, 2.45) is 0 Å². The molecule has 0 radical (unpaired) electrons. The summed E-state index contributed by atoms with van der Waals surface area (Å²) < 4.78 is 35.3. The number of sulfone groups is 1. The Kier molecular flexibility index (Phi) is 6.86. The lowest BCUT2D eigenvalue weighted by Crippen LogP contribution is -2.25. The topological polar surface area (TPSA) is 86.7 Å². The minimum Gasteiger partial charge on any atom is -0.466 e. The molecule has 0 saturated carbocycles. The zero-order valence-electron chi connectivity index (χ0n) is 14.4. The number of esters is 2. The first-order valence-electron chi connectivity index (χ1n) is 7.61. The summed E-state index contributed by atoms with van der Waals surface area (Å²) in [7, 11) is -1.66. The van der Waals surface area contributed by atoms with Crippen LogP contribution < -0.4 is 0 Å². The Labute approximate surface area is 167 Å². The van der Waals surface area contributed by atoms with Crippen LogP contribution in [0.25, 0.3) is 0 Å². The summed E-state index contributed by atoms with van der Waals surface area (Å²) in [6.07, 6.45) is 10.9. The predicted molar refractivity (Wildman–Crippen MR) is 103 cm³/mol. The highest BCUT2D eigenvalue weighted by molar-refractivity contribution is 7.99. The molecule has 0 saturated heterocycles. The number of ether oxygens (including phenoxy) is 2. The third kappa shape index (κ3) is 4.61. The molecule has 0 bridgehead atoms. The van der Waals surface area contributed by atoms with Gasteiger partial charge in [-0.15, -0.1) is 23.2 Å². The molecular weight excluding hydrogens is 415 g/mol. The van der Waals surface area contributed by atoms with Gasteiger partial charge in [0.25, 0.3) is 0 Å². The molecule has 0 spiro atoms. The lowest BCUT2D eigenvalue weighted by Gasteiger charge is -2.23. The summed E-state index contributed by atoms with van der Waals surface area (Å²) in [5, 5.41) is -2.19. The summed E-state index contributed by atoms with van der Waals surface area (Å²) in [6, 6.07) is 0. The van der Waals surface area contributed by atoms with E-state index in [9.17, 15) is 18.0 Å². The number of hydrogen-bond acceptors (Lipinski definition) is 6. The first kappa shape index (κ1) is 21.2. The predicted octanol–water partition coefficient (Wildman–Crippen LogP) is 2.72. The van der Waals surface area contributed by atoms with Crippen LogP contribution in [-0.4, -0.2) is 45.3 Å². The largest absolute Gasteiger partial charge is 0.466 e. The van der Waals surface area contributed by atoms with Gasteiger partial charge in [0.2, 0.25) is 9.84 Å². The van der Waals surface area contributed by atoms with Crippen LogP contribution in [-0.2, 0) is 28.9 Å². The number of allylic oxidation sites excluding steroid dienone is 10. The Morgan fingerprint density at radius 3 is 1.59 bits per heavy atom. The van der Waals surface area contributed by atoms with Crippen LogP contribution >= 0.6 is 23.2 Å². The molecule has 0 aliphatic heterocycles. The molecule has 0 heterocycles. The molecule has 0 amide bonds. The van der Waals surface area contributed by atoms with Crippen molar-refractivity contribution in [3.8, 4) is 0 Å². The normalized spacial score (nSPS) is 25.2. The second kappa shape index (κ2) is 8.73. The van der Waals surface area contributed by atoms with E-state index in [4.69, 9.17) is 23.2 Å². The smallest absolute Gasteiger partial charge is 0.330 e. The van der Waals surface area contributed by atoms with Crippen molar-refractivity contribution in [1.82, 2.24) is 0 Å². The number of methoxy groups -OCH3 is 2. The number of rotatable bonds is 4. The number of carbonyl (C=O) groups excluding carboxylic acids is 2. The van der Waals surface area contributed by atoms with Gasteiger partial charge in [0.1, 0.15) is 0 Å². The number of alkyl halides is 2. The molecule has 0 N–H and O–H groups in total. The second-order valence-electron chi connectivity index (χ2n) is 5.42. The van der Waals surface area contributed by atoms with Gasteiger partial charge in [-0.05, 0) is 23.3 Å². The first-order chi connectivity index (χ1) is 12.7. The van der Waals surface area contributed by atoms with Gasteiger partial charge >= 0.3 is 11.9 Å². The van der Waals surface area contributed by atoms with Gasteiger partial charge in [0.15, 0.2) is 0 Å². The number of hydrogen-bond donors (Lipinski definition) is 0. The van der Waals surface area contributed by atoms with Crippen molar-refractivity contribution in [2.45, 2.75) is 10.8 Å². The van der Waals surface area contributed by atoms with E-state index in [1.165, 1.54) is 50.7 Å². The molecule has 2 unspecified atom stereocenters. The Morgan fingerprint density at radius 1 is 0.889 bits per heavy atom. The van der Waals surface area contributed by atoms with Crippen LogP contribution in [0.15, 0.2) is 69.6 Å². The Hall–Kier alpha value is -2.09. The van der Waals surface area contributed by atoms with Crippen molar-refractivity contribution in [1.29, 1.82) is 0 Å². The quantitative estimate of drug-likeness (QED) is 0.387. The molecule has 0 aromatic rings. The van der Waals surface area contributed by atoms with E-state index >= 15 is 0 Å². The molecule has 2 rings (SSSR count). The Morgan fingerprint density at radius 2 is 1.26 bits per heavy atom. The molecule has 6 nitrogen and oxygen atoms in total. The van der Waals surface area contributed by atoms with Crippen LogP contribution in [0.4, 0.5) is 0 Å². The standard InChI is InChI=1S/C18H16Cl2O6S/c1-25-15(21)9-11-5-3-7-13(17(11)19)27(23,24)14-8-4-6-12(18(14)20)10-16(22)26-2/h3-10,17-18H,1-2H3. The molecule has 0 aromatic heterocycles. The molecule has 27 heavy (non-hydrogen) atoms. The second-order valence-corrected chi connectivity index (χ2v) is 8.24. The molecule has 2 atom stereocenters. The van der Waals surface area contributed by atoms with Crippen LogP contribution in [0.1, 0.15) is 0 Å². The minimum atomic E-state index is -4.06. The highest BCUT2D eigenvalue weighted by Gasteiger charge is 2.36. The summed E-state index contributed by atoms with van der Waals surface area (Å²) in [6.45, 7) is 0. The van der Waals surface area contributed by atoms with E-state index in [1.807, 2.05) is 0 Å². The van der Waals surface area contributed by atoms with Crippen molar-refractivity contribution < 1.29 is 27.5 Å². The molecule has 2 aliphatic rings. The fourth-order valence-electron chi connectivity index (χ4n) is 2.39. The van der Waals surface area contributed by atoms with Gasteiger partial charge in [0, 0.05) is 12.2 Å². The number of halogens is 2. The zero-order chi connectivity index (χ0) is 20.2. The van der Waals surface area contributed by atoms with E-state index in [1.54, 1.807) is 0 Å². The fourth-order valence-corrected chi connectivity index (χ4v) is 5.12. The van der Waals surface area contributed by atoms with Crippen molar-refractivity contribution in [3.63, 3.8) is 0 Å². The Balaban J connectivity index is 2.41. The van der Waals surface area contributed by atoms with Crippen molar-refractivity contribution in [2.75, 3.05) is 14.2 Å². The van der Waals surface area contributed by atoms with E-state index in [-0.39, 0.29) is 21.0 Å². The van der Waals surface area contributed by atoms with Crippen molar-refractivity contribution in [3.05, 3.63) is 69.6 Å². The lowest BCUT2D eigenvalue weighted by atomic mass is 10.1. The van der Waals surface area contributed by atoms with Gasteiger partial charge in [-0.25, -0.2) is 18.0 Å². The maximum Gasteiger partial charge on any atom is 0.330 e. The van der Waals surface area contributed by atoms with E-state index in [0.717, 1.165) is 12.2 Å². The summed E-state index contributed by atoms with van der Waals surface area (Å²) in [5.41, 5.74) is 0.543. The molecule has 9 heteroatoms. The fraction of sp³-hybridized carbons (Fsp3) is 0.222. The van der Waals surface area contributed by atoms with Crippen LogP contribution in [0.3, 0.4) is 0 Å². The zero-order valence-corrected chi connectivity index (χ0v) is 16.7. The third-order valence-corrected chi connectivity index (χ3v) is 6.99. The Bertz CT molecular complexity index is 865. The van der Waals surface area contributed by atoms with Crippen LogP contribution in [0.2, 0.25) is 0 Å². The third-order valence-electron chi connectivity index (χ3n) is 3.78. The van der Waals surface area contributed by atoms with Gasteiger partial charge < -0.3 is 9.47 Å². The van der Waals surface area contributed by atoms with Crippen LogP contribution in [0.5, 0.6) is 0 Å². The highest BCUT2D eigenvalue weighted by atomic mass is 35.5. The minimum absolute atomic E-state index is 0.133. The van der Waals surface area contributed by atoms with Gasteiger partial charge in [-0.2, -0.15) is 0 Å². The van der Waals surface area contributed by atoms with Crippen molar-refractivity contribution >= 4 is 45.0 Å². The van der Waals surface area contributed by atoms with Gasteiger partial charge in [-0.1, -0.05) is 24.3 Å². The van der Waals surface area contributed by atoms with Crippen LogP contribution in [0, 0.1) is 0 Å².